The van der Waals surface area contributed by atoms with Crippen molar-refractivity contribution in [1.82, 2.24) is 10.2 Å². The third-order valence-corrected chi connectivity index (χ3v) is 4.45. The first-order chi connectivity index (χ1) is 13.7. The van der Waals surface area contributed by atoms with E-state index in [-0.39, 0.29) is 23.6 Å². The minimum Gasteiger partial charge on any atom is -0.435 e. The molecule has 1 saturated heterocycles. The van der Waals surface area contributed by atoms with E-state index in [4.69, 9.17) is 0 Å². The molecule has 1 fully saturated rings. The average Bonchev–Trinajstić information content (AvgIpc) is 2.87. The van der Waals surface area contributed by atoms with Gasteiger partial charge in [0.1, 0.15) is 17.0 Å². The molecule has 0 radical (unpaired) electrons. The number of nitrogens with zero attached hydrogens (tertiary/aromatic N) is 1. The van der Waals surface area contributed by atoms with Crippen molar-refractivity contribution in [1.29, 1.82) is 0 Å². The van der Waals surface area contributed by atoms with Crippen LogP contribution in [0.3, 0.4) is 0 Å². The molecule has 0 bridgehead atoms. The number of nitrogens with one attached hydrogen (secondary N) is 1. The Morgan fingerprint density at radius 2 is 1.59 bits per heavy atom. The Morgan fingerprint density at radius 3 is 2.21 bits per heavy atom. The fourth-order valence-corrected chi connectivity index (χ4v) is 3.02. The van der Waals surface area contributed by atoms with Crippen LogP contribution in [-0.4, -0.2) is 30.1 Å². The second-order valence-corrected chi connectivity index (χ2v) is 6.34. The molecule has 154 valence electrons. The minimum atomic E-state index is -3.06. The quantitative estimate of drug-likeness (QED) is 0.554. The van der Waals surface area contributed by atoms with Crippen LogP contribution in [-0.2, 0) is 16.9 Å². The van der Waals surface area contributed by atoms with Crippen LogP contribution in [0.15, 0.2) is 48.5 Å². The molecular weight excluding hydrogens is 396 g/mol. The highest BCUT2D eigenvalue weighted by molar-refractivity contribution is 6.07. The second-order valence-electron chi connectivity index (χ2n) is 6.34. The number of ether oxygens (including phenoxy) is 2. The number of amides is 3. The van der Waals surface area contributed by atoms with Gasteiger partial charge >= 0.3 is 19.3 Å². The highest BCUT2D eigenvalue weighted by Crippen LogP contribution is 2.32. The number of hydrogen-bond donors (Lipinski definition) is 1. The van der Waals surface area contributed by atoms with Crippen molar-refractivity contribution in [3.8, 4) is 11.5 Å². The van der Waals surface area contributed by atoms with Gasteiger partial charge in [-0.05, 0) is 30.7 Å². The van der Waals surface area contributed by atoms with Gasteiger partial charge in [0.05, 0.1) is 6.54 Å². The molecule has 1 aliphatic heterocycles. The maximum atomic E-state index is 12.9. The summed E-state index contributed by atoms with van der Waals surface area (Å²) in [6.07, 6.45) is 0. The normalized spacial score (nSPS) is 19.1. The smallest absolute Gasteiger partial charge is 0.387 e. The Bertz CT molecular complexity index is 907. The number of imide groups is 1. The molecule has 6 nitrogen and oxygen atoms in total. The molecule has 3 amide bonds. The van der Waals surface area contributed by atoms with Crippen molar-refractivity contribution in [2.75, 3.05) is 0 Å². The molecule has 1 aliphatic rings. The summed E-state index contributed by atoms with van der Waals surface area (Å²) in [6.45, 7) is -4.87. The number of rotatable bonds is 7. The van der Waals surface area contributed by atoms with Gasteiger partial charge in [-0.3, -0.25) is 9.69 Å². The number of carbonyl (C=O) groups is 2. The van der Waals surface area contributed by atoms with Crippen molar-refractivity contribution >= 4 is 11.9 Å². The van der Waals surface area contributed by atoms with E-state index in [1.54, 1.807) is 6.07 Å². The van der Waals surface area contributed by atoms with Gasteiger partial charge in [0.2, 0.25) is 0 Å². The first-order valence-corrected chi connectivity index (χ1v) is 8.43. The number of alkyl halides is 4. The van der Waals surface area contributed by atoms with Gasteiger partial charge in [0.25, 0.3) is 5.91 Å². The molecule has 2 aromatic rings. The number of halogens is 4. The minimum absolute atomic E-state index is 0.0981. The summed E-state index contributed by atoms with van der Waals surface area (Å²) in [4.78, 5) is 26.2. The summed E-state index contributed by atoms with van der Waals surface area (Å²) in [5.74, 6) is -0.874. The third kappa shape index (κ3) is 4.25. The fourth-order valence-electron chi connectivity index (χ4n) is 3.02. The van der Waals surface area contributed by atoms with Crippen molar-refractivity contribution in [3.63, 3.8) is 0 Å². The second kappa shape index (κ2) is 7.98. The number of carbonyl (C=O) groups excluding carboxylic acids is 2. The molecule has 3 rings (SSSR count). The summed E-state index contributed by atoms with van der Waals surface area (Å²) >= 11 is 0. The first kappa shape index (κ1) is 20.4. The lowest BCUT2D eigenvalue weighted by atomic mass is 9.92. The van der Waals surface area contributed by atoms with Crippen molar-refractivity contribution in [2.45, 2.75) is 32.2 Å². The number of para-hydroxylation sites is 1. The number of urea groups is 1. The molecule has 1 N–H and O–H groups in total. The van der Waals surface area contributed by atoms with E-state index in [1.807, 2.05) is 0 Å². The predicted molar refractivity (Wildman–Crippen MR) is 92.6 cm³/mol. The molecule has 0 unspecified atom stereocenters. The van der Waals surface area contributed by atoms with E-state index in [0.29, 0.717) is 5.56 Å². The van der Waals surface area contributed by atoms with Crippen LogP contribution in [0.5, 0.6) is 11.5 Å². The van der Waals surface area contributed by atoms with Gasteiger partial charge < -0.3 is 14.8 Å². The summed E-state index contributed by atoms with van der Waals surface area (Å²) in [5, 5.41) is 2.55. The molecule has 0 spiro atoms. The van der Waals surface area contributed by atoms with Gasteiger partial charge in [-0.25, -0.2) is 4.79 Å². The number of hydrogen-bond acceptors (Lipinski definition) is 4. The van der Waals surface area contributed by atoms with E-state index in [9.17, 15) is 27.2 Å². The van der Waals surface area contributed by atoms with Crippen LogP contribution in [0.4, 0.5) is 22.4 Å². The van der Waals surface area contributed by atoms with Crippen LogP contribution >= 0.6 is 0 Å². The van der Waals surface area contributed by atoms with Gasteiger partial charge in [0.15, 0.2) is 0 Å². The highest BCUT2D eigenvalue weighted by Gasteiger charge is 2.49. The lowest BCUT2D eigenvalue weighted by Crippen LogP contribution is -2.40. The average molecular weight is 412 g/mol. The van der Waals surface area contributed by atoms with E-state index in [1.165, 1.54) is 49.4 Å². The standard InChI is InChI=1S/C19H16F4N2O4/c1-19(12-6-8-13(9-7-12)28-16(20)21)15(26)25(18(27)24-19)10-11-4-2-3-5-14(11)29-17(22)23/h2-9,16-17H,10H2,1H3,(H,24,27)/t19-/m0/s1. The summed E-state index contributed by atoms with van der Waals surface area (Å²) in [5.41, 5.74) is -0.891. The fraction of sp³-hybridized carbons (Fsp3) is 0.263. The van der Waals surface area contributed by atoms with Crippen molar-refractivity contribution in [3.05, 3.63) is 59.7 Å². The van der Waals surface area contributed by atoms with E-state index >= 15 is 0 Å². The molecule has 1 heterocycles. The zero-order valence-electron chi connectivity index (χ0n) is 15.1. The van der Waals surface area contributed by atoms with Gasteiger partial charge in [-0.15, -0.1) is 0 Å². The van der Waals surface area contributed by atoms with E-state index < -0.39 is 30.7 Å². The van der Waals surface area contributed by atoms with Crippen LogP contribution in [0.25, 0.3) is 0 Å². The largest absolute Gasteiger partial charge is 0.435 e. The van der Waals surface area contributed by atoms with Crippen molar-refractivity contribution in [2.24, 2.45) is 0 Å². The molecule has 0 aliphatic carbocycles. The number of benzene rings is 2. The summed E-state index contributed by atoms with van der Waals surface area (Å²) in [7, 11) is 0. The molecule has 1 atom stereocenters. The zero-order valence-corrected chi connectivity index (χ0v) is 15.1. The Balaban J connectivity index is 1.83. The Hall–Kier alpha value is -3.30. The molecular formula is C19H16F4N2O4. The maximum Gasteiger partial charge on any atom is 0.387 e. The van der Waals surface area contributed by atoms with E-state index in [2.05, 4.69) is 14.8 Å². The molecule has 10 heteroatoms. The van der Waals surface area contributed by atoms with Crippen LogP contribution in [0.2, 0.25) is 0 Å². The monoisotopic (exact) mass is 412 g/mol. The zero-order chi connectivity index (χ0) is 21.2. The summed E-state index contributed by atoms with van der Waals surface area (Å²) in [6, 6.07) is 10.4. The van der Waals surface area contributed by atoms with Gasteiger partial charge in [0, 0.05) is 5.56 Å². The Labute approximate surface area is 163 Å². The lowest BCUT2D eigenvalue weighted by Gasteiger charge is -2.23. The summed E-state index contributed by atoms with van der Waals surface area (Å²) < 4.78 is 58.4. The van der Waals surface area contributed by atoms with Gasteiger partial charge in [-0.1, -0.05) is 30.3 Å². The van der Waals surface area contributed by atoms with Crippen LogP contribution in [0, 0.1) is 0 Å². The van der Waals surface area contributed by atoms with Crippen LogP contribution in [0.1, 0.15) is 18.1 Å². The lowest BCUT2D eigenvalue weighted by molar-refractivity contribution is -0.131. The van der Waals surface area contributed by atoms with Crippen LogP contribution < -0.4 is 14.8 Å². The molecule has 2 aromatic carbocycles. The maximum absolute atomic E-state index is 12.9. The topological polar surface area (TPSA) is 67.9 Å². The Kier molecular flexibility index (Phi) is 5.62. The highest BCUT2D eigenvalue weighted by atomic mass is 19.3. The van der Waals surface area contributed by atoms with Gasteiger partial charge in [-0.2, -0.15) is 17.6 Å². The Morgan fingerprint density at radius 1 is 0.966 bits per heavy atom. The SMILES string of the molecule is C[C@@]1(c2ccc(OC(F)F)cc2)NC(=O)N(Cc2ccccc2OC(F)F)C1=O. The van der Waals surface area contributed by atoms with Crippen molar-refractivity contribution < 1.29 is 36.6 Å². The molecule has 0 aromatic heterocycles. The van der Waals surface area contributed by atoms with E-state index in [0.717, 1.165) is 4.90 Å². The predicted octanol–water partition coefficient (Wildman–Crippen LogP) is 3.86. The molecule has 0 saturated carbocycles. The molecule has 29 heavy (non-hydrogen) atoms. The third-order valence-electron chi connectivity index (χ3n) is 4.45. The first-order valence-electron chi connectivity index (χ1n) is 8.43.